The van der Waals surface area contributed by atoms with E-state index in [0.29, 0.717) is 19.4 Å². The minimum Gasteiger partial charge on any atom is -0.466 e. The molecule has 3 nitrogen and oxygen atoms in total. The maximum atomic E-state index is 11.1. The predicted molar refractivity (Wildman–Crippen MR) is 58.0 cm³/mol. The van der Waals surface area contributed by atoms with Gasteiger partial charge in [-0.25, -0.2) is 0 Å². The summed E-state index contributed by atoms with van der Waals surface area (Å²) < 4.78 is 5.04. The van der Waals surface area contributed by atoms with Gasteiger partial charge in [0.1, 0.15) is 0 Å². The molecule has 0 rings (SSSR count). The molecule has 1 atom stereocenters. The third-order valence-corrected chi connectivity index (χ3v) is 2.06. The Bertz CT molecular complexity index is 146. The molecule has 0 aliphatic heterocycles. The Labute approximate surface area is 87.0 Å². The molecule has 0 aliphatic carbocycles. The van der Waals surface area contributed by atoms with Crippen molar-refractivity contribution in [2.75, 3.05) is 6.61 Å². The van der Waals surface area contributed by atoms with E-state index >= 15 is 0 Å². The lowest BCUT2D eigenvalue weighted by atomic mass is 10.2. The van der Waals surface area contributed by atoms with Crippen molar-refractivity contribution in [2.45, 2.75) is 58.4 Å². The number of carbonyl (C=O) groups is 1. The molecule has 14 heavy (non-hydrogen) atoms. The normalized spacial score (nSPS) is 12.5. The third-order valence-electron chi connectivity index (χ3n) is 2.06. The van der Waals surface area contributed by atoms with Crippen LogP contribution >= 0.6 is 0 Å². The Kier molecular flexibility index (Phi) is 8.64. The highest BCUT2D eigenvalue weighted by atomic mass is 16.5. The van der Waals surface area contributed by atoms with Crippen LogP contribution in [0.2, 0.25) is 0 Å². The van der Waals surface area contributed by atoms with Crippen LogP contribution in [0.5, 0.6) is 0 Å². The van der Waals surface area contributed by atoms with Crippen LogP contribution in [-0.4, -0.2) is 18.6 Å². The highest BCUT2D eigenvalue weighted by Crippen LogP contribution is 2.01. The Hall–Kier alpha value is -0.570. The largest absolute Gasteiger partial charge is 0.466 e. The summed E-state index contributed by atoms with van der Waals surface area (Å²) in [6.45, 7) is 4.63. The lowest BCUT2D eigenvalue weighted by Gasteiger charge is -2.05. The summed E-state index contributed by atoms with van der Waals surface area (Å²) in [5, 5.41) is 0. The molecule has 0 bridgehead atoms. The zero-order valence-electron chi connectivity index (χ0n) is 9.42. The fourth-order valence-electron chi connectivity index (χ4n) is 1.13. The minimum absolute atomic E-state index is 0.0858. The Morgan fingerprint density at radius 1 is 1.36 bits per heavy atom. The minimum atomic E-state index is -0.112. The summed E-state index contributed by atoms with van der Waals surface area (Å²) in [5.74, 6) is -0.112. The van der Waals surface area contributed by atoms with Gasteiger partial charge < -0.3 is 10.5 Å². The molecule has 0 heterocycles. The van der Waals surface area contributed by atoms with E-state index in [-0.39, 0.29) is 12.0 Å². The van der Waals surface area contributed by atoms with E-state index in [4.69, 9.17) is 10.5 Å². The maximum absolute atomic E-state index is 11.1. The Morgan fingerprint density at radius 3 is 2.64 bits per heavy atom. The van der Waals surface area contributed by atoms with Crippen LogP contribution in [0.1, 0.15) is 52.4 Å². The summed E-state index contributed by atoms with van der Waals surface area (Å²) in [7, 11) is 0. The summed E-state index contributed by atoms with van der Waals surface area (Å²) in [5.41, 5.74) is 5.53. The van der Waals surface area contributed by atoms with Crippen LogP contribution in [0.4, 0.5) is 0 Å². The zero-order chi connectivity index (χ0) is 10.8. The standard InChI is InChI=1S/C11H23NO2/c1-3-4-5-6-9-14-11(13)8-7-10(2)12/h10H,3-9,12H2,1-2H3. The van der Waals surface area contributed by atoms with Gasteiger partial charge in [0.05, 0.1) is 6.61 Å². The predicted octanol–water partition coefficient (Wildman–Crippen LogP) is 2.24. The fraction of sp³-hybridized carbons (Fsp3) is 0.909. The zero-order valence-corrected chi connectivity index (χ0v) is 9.42. The van der Waals surface area contributed by atoms with Crippen molar-refractivity contribution in [3.05, 3.63) is 0 Å². The van der Waals surface area contributed by atoms with E-state index < -0.39 is 0 Å². The van der Waals surface area contributed by atoms with E-state index in [0.717, 1.165) is 12.8 Å². The van der Waals surface area contributed by atoms with Crippen LogP contribution in [0.15, 0.2) is 0 Å². The van der Waals surface area contributed by atoms with E-state index in [1.54, 1.807) is 0 Å². The number of nitrogens with two attached hydrogens (primary N) is 1. The van der Waals surface area contributed by atoms with Crippen molar-refractivity contribution in [1.29, 1.82) is 0 Å². The van der Waals surface area contributed by atoms with Crippen molar-refractivity contribution in [3.63, 3.8) is 0 Å². The first-order chi connectivity index (χ1) is 6.66. The van der Waals surface area contributed by atoms with Crippen molar-refractivity contribution < 1.29 is 9.53 Å². The molecule has 3 heteroatoms. The van der Waals surface area contributed by atoms with E-state index in [2.05, 4.69) is 6.92 Å². The quantitative estimate of drug-likeness (QED) is 0.484. The van der Waals surface area contributed by atoms with Crippen LogP contribution in [-0.2, 0) is 9.53 Å². The average molecular weight is 201 g/mol. The van der Waals surface area contributed by atoms with Gasteiger partial charge in [0, 0.05) is 12.5 Å². The van der Waals surface area contributed by atoms with E-state index in [1.165, 1.54) is 12.8 Å². The molecule has 0 fully saturated rings. The summed E-state index contributed by atoms with van der Waals surface area (Å²) in [6.07, 6.45) is 5.73. The summed E-state index contributed by atoms with van der Waals surface area (Å²) in [6, 6.07) is 0.0858. The lowest BCUT2D eigenvalue weighted by Crippen LogP contribution is -2.17. The molecule has 0 radical (unpaired) electrons. The van der Waals surface area contributed by atoms with Gasteiger partial charge in [0.2, 0.25) is 0 Å². The van der Waals surface area contributed by atoms with Crippen LogP contribution < -0.4 is 5.73 Å². The second-order valence-electron chi connectivity index (χ2n) is 3.80. The van der Waals surface area contributed by atoms with Gasteiger partial charge in [-0.1, -0.05) is 26.2 Å². The molecule has 0 aromatic heterocycles. The second-order valence-corrected chi connectivity index (χ2v) is 3.80. The van der Waals surface area contributed by atoms with Gasteiger partial charge >= 0.3 is 5.97 Å². The topological polar surface area (TPSA) is 52.3 Å². The van der Waals surface area contributed by atoms with Crippen LogP contribution in [0.25, 0.3) is 0 Å². The van der Waals surface area contributed by atoms with Crippen LogP contribution in [0, 0.1) is 0 Å². The number of unbranched alkanes of at least 4 members (excludes halogenated alkanes) is 3. The molecule has 0 saturated carbocycles. The maximum Gasteiger partial charge on any atom is 0.305 e. The average Bonchev–Trinajstić information content (AvgIpc) is 2.14. The number of rotatable bonds is 8. The highest BCUT2D eigenvalue weighted by Gasteiger charge is 2.03. The molecule has 0 spiro atoms. The molecule has 84 valence electrons. The molecule has 0 amide bonds. The smallest absolute Gasteiger partial charge is 0.305 e. The lowest BCUT2D eigenvalue weighted by molar-refractivity contribution is -0.143. The van der Waals surface area contributed by atoms with Gasteiger partial charge in [0.15, 0.2) is 0 Å². The second kappa shape index (κ2) is 9.00. The number of esters is 1. The molecular formula is C11H23NO2. The Morgan fingerprint density at radius 2 is 2.07 bits per heavy atom. The molecule has 0 saturated heterocycles. The van der Waals surface area contributed by atoms with Gasteiger partial charge in [-0.3, -0.25) is 4.79 Å². The summed E-state index contributed by atoms with van der Waals surface area (Å²) >= 11 is 0. The van der Waals surface area contributed by atoms with Gasteiger partial charge in [-0.15, -0.1) is 0 Å². The first kappa shape index (κ1) is 13.4. The first-order valence-electron chi connectivity index (χ1n) is 5.58. The molecule has 0 aromatic rings. The van der Waals surface area contributed by atoms with Gasteiger partial charge in [-0.2, -0.15) is 0 Å². The van der Waals surface area contributed by atoms with E-state index in [1.807, 2.05) is 6.92 Å². The van der Waals surface area contributed by atoms with Crippen molar-refractivity contribution in [1.82, 2.24) is 0 Å². The molecule has 0 aliphatic rings. The molecular weight excluding hydrogens is 178 g/mol. The number of carbonyl (C=O) groups excluding carboxylic acids is 1. The van der Waals surface area contributed by atoms with Crippen molar-refractivity contribution >= 4 is 5.97 Å². The number of hydrogen-bond donors (Lipinski definition) is 1. The summed E-state index contributed by atoms with van der Waals surface area (Å²) in [4.78, 5) is 11.1. The van der Waals surface area contributed by atoms with Crippen LogP contribution in [0.3, 0.4) is 0 Å². The molecule has 0 aromatic carbocycles. The first-order valence-corrected chi connectivity index (χ1v) is 5.58. The van der Waals surface area contributed by atoms with E-state index in [9.17, 15) is 4.79 Å². The van der Waals surface area contributed by atoms with Gasteiger partial charge in [0.25, 0.3) is 0 Å². The molecule has 2 N–H and O–H groups in total. The van der Waals surface area contributed by atoms with Crippen molar-refractivity contribution in [3.8, 4) is 0 Å². The third kappa shape index (κ3) is 9.52. The Balaban J connectivity index is 3.18. The number of ether oxygens (including phenoxy) is 1. The SMILES string of the molecule is CCCCCCOC(=O)CCC(C)N. The fourth-order valence-corrected chi connectivity index (χ4v) is 1.13. The van der Waals surface area contributed by atoms with Gasteiger partial charge in [-0.05, 0) is 19.8 Å². The number of hydrogen-bond acceptors (Lipinski definition) is 3. The monoisotopic (exact) mass is 201 g/mol. The van der Waals surface area contributed by atoms with Crippen molar-refractivity contribution in [2.24, 2.45) is 5.73 Å². The highest BCUT2D eigenvalue weighted by molar-refractivity contribution is 5.69. The molecule has 1 unspecified atom stereocenters.